The van der Waals surface area contributed by atoms with E-state index in [1.54, 1.807) is 13.8 Å². The van der Waals surface area contributed by atoms with Gasteiger partial charge in [0.15, 0.2) is 0 Å². The van der Waals surface area contributed by atoms with Crippen LogP contribution in [0.1, 0.15) is 34.1 Å². The van der Waals surface area contributed by atoms with Crippen LogP contribution in [0.5, 0.6) is 0 Å². The highest BCUT2D eigenvalue weighted by Crippen LogP contribution is 2.34. The number of hydrogen-bond donors (Lipinski definition) is 1. The summed E-state index contributed by atoms with van der Waals surface area (Å²) in [6.07, 6.45) is 0.742. The van der Waals surface area contributed by atoms with Gasteiger partial charge in [0.05, 0.1) is 23.2 Å². The molecule has 0 fully saturated rings. The first-order valence-corrected chi connectivity index (χ1v) is 6.91. The van der Waals surface area contributed by atoms with Gasteiger partial charge in [-0.15, -0.1) is 0 Å². The molecule has 1 heterocycles. The average molecular weight is 280 g/mol. The lowest BCUT2D eigenvalue weighted by Crippen LogP contribution is -2.41. The molecule has 0 radical (unpaired) electrons. The Morgan fingerprint density at radius 3 is 2.68 bits per heavy atom. The molecule has 4 nitrogen and oxygen atoms in total. The molecule has 104 valence electrons. The smallest absolute Gasteiger partial charge is 0.336 e. The van der Waals surface area contributed by atoms with Gasteiger partial charge in [0.1, 0.15) is 5.92 Å². The second-order valence-electron chi connectivity index (χ2n) is 5.09. The van der Waals surface area contributed by atoms with Gasteiger partial charge >= 0.3 is 5.97 Å². The number of nitriles is 1. The van der Waals surface area contributed by atoms with Crippen molar-refractivity contribution in [2.45, 2.75) is 34.1 Å². The summed E-state index contributed by atoms with van der Waals surface area (Å²) in [6, 6.07) is 2.21. The maximum absolute atomic E-state index is 12.1. The minimum atomic E-state index is -0.458. The summed E-state index contributed by atoms with van der Waals surface area (Å²) in [4.78, 5) is 12.6. The molecule has 1 N–H and O–H groups in total. The third kappa shape index (κ3) is 3.54. The molecule has 5 heteroatoms. The number of hydrogen-bond acceptors (Lipinski definition) is 4. The van der Waals surface area contributed by atoms with Gasteiger partial charge in [-0.25, -0.2) is 4.79 Å². The van der Waals surface area contributed by atoms with Crippen LogP contribution in [0.3, 0.4) is 0 Å². The monoisotopic (exact) mass is 280 g/mol. The van der Waals surface area contributed by atoms with Gasteiger partial charge in [0.2, 0.25) is 0 Å². The molecule has 0 aromatic rings. The molecule has 0 bridgehead atoms. The van der Waals surface area contributed by atoms with E-state index in [9.17, 15) is 10.1 Å². The lowest BCUT2D eigenvalue weighted by molar-refractivity contribution is -0.139. The molecule has 1 aliphatic heterocycles. The zero-order valence-electron chi connectivity index (χ0n) is 11.8. The molecule has 0 aliphatic carbocycles. The largest absolute Gasteiger partial charge is 0.463 e. The van der Waals surface area contributed by atoms with Crippen LogP contribution in [0.15, 0.2) is 11.3 Å². The Morgan fingerprint density at radius 2 is 2.21 bits per heavy atom. The van der Waals surface area contributed by atoms with Crippen molar-refractivity contribution < 1.29 is 9.53 Å². The minimum Gasteiger partial charge on any atom is -0.463 e. The van der Waals surface area contributed by atoms with Gasteiger partial charge in [-0.3, -0.25) is 0 Å². The minimum absolute atomic E-state index is 0.183. The number of nitrogens with zero attached hydrogens (tertiary/aromatic N) is 1. The number of esters is 1. The predicted molar refractivity (Wildman–Crippen MR) is 77.1 cm³/mol. The number of rotatable bonds is 4. The average Bonchev–Trinajstić information content (AvgIpc) is 2.28. The molecule has 19 heavy (non-hydrogen) atoms. The SMILES string of the molecule is CCOC(=O)C1=C(C)NC(=S)C(C#N)C1CC(C)C. The maximum Gasteiger partial charge on any atom is 0.336 e. The topological polar surface area (TPSA) is 62.1 Å². The molecule has 1 rings (SSSR count). The summed E-state index contributed by atoms with van der Waals surface area (Å²) in [5.41, 5.74) is 1.27. The first-order valence-electron chi connectivity index (χ1n) is 6.50. The Balaban J connectivity index is 3.18. The molecule has 2 unspecified atom stereocenters. The Morgan fingerprint density at radius 1 is 1.58 bits per heavy atom. The number of thiocarbonyl (C=S) groups is 1. The molecule has 0 saturated carbocycles. The highest BCUT2D eigenvalue weighted by molar-refractivity contribution is 7.80. The summed E-state index contributed by atoms with van der Waals surface area (Å²) < 4.78 is 5.10. The van der Waals surface area contributed by atoms with Crippen molar-refractivity contribution in [2.24, 2.45) is 17.8 Å². The second-order valence-corrected chi connectivity index (χ2v) is 5.53. The first kappa shape index (κ1) is 15.6. The molecular formula is C14H20N2O2S. The standard InChI is InChI=1S/C14H20N2O2S/c1-5-18-14(17)12-9(4)16-13(19)11(7-15)10(12)6-8(2)3/h8,10-11H,5-6H2,1-4H3,(H,16,19). The fourth-order valence-electron chi connectivity index (χ4n) is 2.38. The molecule has 0 amide bonds. The lowest BCUT2D eigenvalue weighted by Gasteiger charge is -2.32. The Hall–Kier alpha value is -1.41. The van der Waals surface area contributed by atoms with Crippen LogP contribution >= 0.6 is 12.2 Å². The quantitative estimate of drug-likeness (QED) is 0.633. The van der Waals surface area contributed by atoms with Crippen LogP contribution in [0.2, 0.25) is 0 Å². The van der Waals surface area contributed by atoms with E-state index in [2.05, 4.69) is 25.2 Å². The van der Waals surface area contributed by atoms with Crippen molar-refractivity contribution >= 4 is 23.2 Å². The van der Waals surface area contributed by atoms with Crippen LogP contribution in [0.25, 0.3) is 0 Å². The first-order chi connectivity index (χ1) is 8.92. The molecule has 0 saturated heterocycles. The normalized spacial score (nSPS) is 23.1. The predicted octanol–water partition coefficient (Wildman–Crippen LogP) is 2.56. The van der Waals surface area contributed by atoms with E-state index in [-0.39, 0.29) is 11.9 Å². The summed E-state index contributed by atoms with van der Waals surface area (Å²) >= 11 is 5.22. The summed E-state index contributed by atoms with van der Waals surface area (Å²) in [5, 5.41) is 12.3. The fraction of sp³-hybridized carbons (Fsp3) is 0.643. The molecule has 0 aromatic heterocycles. The van der Waals surface area contributed by atoms with E-state index < -0.39 is 5.92 Å². The van der Waals surface area contributed by atoms with Gasteiger partial charge in [-0.2, -0.15) is 5.26 Å². The summed E-state index contributed by atoms with van der Waals surface area (Å²) in [7, 11) is 0. The van der Waals surface area contributed by atoms with Gasteiger partial charge in [0, 0.05) is 11.6 Å². The van der Waals surface area contributed by atoms with Crippen molar-refractivity contribution in [3.05, 3.63) is 11.3 Å². The van der Waals surface area contributed by atoms with E-state index in [1.165, 1.54) is 0 Å². The number of allylic oxidation sites excluding steroid dienone is 1. The third-order valence-electron chi connectivity index (χ3n) is 3.13. The highest BCUT2D eigenvalue weighted by Gasteiger charge is 2.38. The van der Waals surface area contributed by atoms with Gasteiger partial charge in [0.25, 0.3) is 0 Å². The van der Waals surface area contributed by atoms with Crippen LogP contribution in [-0.4, -0.2) is 17.6 Å². The Kier molecular flexibility index (Phi) is 5.49. The van der Waals surface area contributed by atoms with E-state index in [0.29, 0.717) is 28.8 Å². The second kappa shape index (κ2) is 6.67. The summed E-state index contributed by atoms with van der Waals surface area (Å²) in [6.45, 7) is 8.04. The van der Waals surface area contributed by atoms with Gasteiger partial charge in [-0.1, -0.05) is 26.1 Å². The molecule has 0 spiro atoms. The molecule has 0 aromatic carbocycles. The molecule has 1 aliphatic rings. The van der Waals surface area contributed by atoms with Crippen LogP contribution in [0.4, 0.5) is 0 Å². The Labute approximate surface area is 119 Å². The number of nitrogens with one attached hydrogen (secondary N) is 1. The zero-order valence-corrected chi connectivity index (χ0v) is 12.6. The zero-order chi connectivity index (χ0) is 14.6. The highest BCUT2D eigenvalue weighted by atomic mass is 32.1. The van der Waals surface area contributed by atoms with Gasteiger partial charge < -0.3 is 10.1 Å². The van der Waals surface area contributed by atoms with Crippen molar-refractivity contribution in [3.63, 3.8) is 0 Å². The third-order valence-corrected chi connectivity index (χ3v) is 3.49. The lowest BCUT2D eigenvalue weighted by atomic mass is 9.77. The van der Waals surface area contributed by atoms with Crippen molar-refractivity contribution in [1.82, 2.24) is 5.32 Å². The van der Waals surface area contributed by atoms with Crippen molar-refractivity contribution in [1.29, 1.82) is 5.26 Å². The maximum atomic E-state index is 12.1. The fourth-order valence-corrected chi connectivity index (χ4v) is 2.75. The van der Waals surface area contributed by atoms with E-state index in [1.807, 2.05) is 0 Å². The van der Waals surface area contributed by atoms with Crippen LogP contribution in [0, 0.1) is 29.1 Å². The van der Waals surface area contributed by atoms with E-state index >= 15 is 0 Å². The van der Waals surface area contributed by atoms with Gasteiger partial charge in [-0.05, 0) is 26.2 Å². The van der Waals surface area contributed by atoms with Crippen LogP contribution < -0.4 is 5.32 Å². The van der Waals surface area contributed by atoms with E-state index in [0.717, 1.165) is 6.42 Å². The Bertz CT molecular complexity index is 449. The molecule has 2 atom stereocenters. The van der Waals surface area contributed by atoms with Crippen molar-refractivity contribution in [2.75, 3.05) is 6.61 Å². The van der Waals surface area contributed by atoms with Crippen LogP contribution in [-0.2, 0) is 9.53 Å². The van der Waals surface area contributed by atoms with E-state index in [4.69, 9.17) is 17.0 Å². The van der Waals surface area contributed by atoms with Crippen molar-refractivity contribution in [3.8, 4) is 6.07 Å². The number of carbonyl (C=O) groups excluding carboxylic acids is 1. The number of carbonyl (C=O) groups is 1. The summed E-state index contributed by atoms with van der Waals surface area (Å²) in [5.74, 6) is -0.613. The number of ether oxygens (including phenoxy) is 1. The molecular weight excluding hydrogens is 260 g/mol.